The molecule has 1 aromatic carbocycles. The van der Waals surface area contributed by atoms with Crippen LogP contribution in [0.2, 0.25) is 0 Å². The maximum atomic E-state index is 11.3. The van der Waals surface area contributed by atoms with E-state index in [2.05, 4.69) is 17.2 Å². The van der Waals surface area contributed by atoms with E-state index in [4.69, 9.17) is 11.6 Å². The first-order valence-corrected chi connectivity index (χ1v) is 4.80. The maximum absolute atomic E-state index is 11.3. The zero-order valence-corrected chi connectivity index (χ0v) is 8.19. The van der Waals surface area contributed by atoms with Gasteiger partial charge in [0.05, 0.1) is 5.88 Å². The molecule has 2 rings (SSSR count). The van der Waals surface area contributed by atoms with Crippen LogP contribution in [-0.2, 0) is 6.54 Å². The van der Waals surface area contributed by atoms with E-state index >= 15 is 0 Å². The number of nitrogens with one attached hydrogen (secondary N) is 1. The van der Waals surface area contributed by atoms with E-state index in [9.17, 15) is 4.79 Å². The Morgan fingerprint density at radius 3 is 3.14 bits per heavy atom. The van der Waals surface area contributed by atoms with E-state index in [1.165, 1.54) is 0 Å². The molecule has 0 radical (unpaired) electrons. The third kappa shape index (κ3) is 1.59. The minimum Gasteiger partial charge on any atom is -0.348 e. The average molecular weight is 206 g/mol. The molecule has 3 heteroatoms. The molecule has 1 heterocycles. The molecule has 0 unspecified atom stereocenters. The van der Waals surface area contributed by atoms with Crippen LogP contribution in [0.15, 0.2) is 18.2 Å². The van der Waals surface area contributed by atoms with Gasteiger partial charge < -0.3 is 5.32 Å². The lowest BCUT2D eigenvalue weighted by molar-refractivity contribution is 0.0965. The summed E-state index contributed by atoms with van der Waals surface area (Å²) in [6, 6.07) is 5.63. The SMILES string of the molecule is O=C1NCc2ccc(C#CCCl)cc21. The van der Waals surface area contributed by atoms with Crippen LogP contribution in [0.5, 0.6) is 0 Å². The van der Waals surface area contributed by atoms with Gasteiger partial charge in [0.25, 0.3) is 5.91 Å². The van der Waals surface area contributed by atoms with Crippen molar-refractivity contribution in [1.29, 1.82) is 0 Å². The Bertz CT molecular complexity index is 442. The van der Waals surface area contributed by atoms with Gasteiger partial charge in [-0.15, -0.1) is 11.6 Å². The zero-order valence-electron chi connectivity index (χ0n) is 7.43. The lowest BCUT2D eigenvalue weighted by atomic mass is 10.1. The second-order valence-corrected chi connectivity index (χ2v) is 3.26. The van der Waals surface area contributed by atoms with Crippen LogP contribution in [0.4, 0.5) is 0 Å². The molecule has 70 valence electrons. The number of alkyl halides is 1. The molecule has 0 aliphatic carbocycles. The summed E-state index contributed by atoms with van der Waals surface area (Å²) < 4.78 is 0. The Labute approximate surface area is 87.3 Å². The van der Waals surface area contributed by atoms with E-state index in [0.29, 0.717) is 12.4 Å². The lowest BCUT2D eigenvalue weighted by Crippen LogP contribution is -2.12. The standard InChI is InChI=1S/C11H8ClNO/c12-5-1-2-8-3-4-9-7-13-11(14)10(9)6-8/h3-4,6H,5,7H2,(H,13,14). The van der Waals surface area contributed by atoms with Crippen molar-refractivity contribution in [3.05, 3.63) is 34.9 Å². The van der Waals surface area contributed by atoms with Crippen molar-refractivity contribution in [3.63, 3.8) is 0 Å². The first-order valence-electron chi connectivity index (χ1n) is 4.27. The monoisotopic (exact) mass is 205 g/mol. The molecule has 0 spiro atoms. The molecule has 0 saturated heterocycles. The molecule has 0 atom stereocenters. The van der Waals surface area contributed by atoms with Gasteiger partial charge in [0.1, 0.15) is 0 Å². The summed E-state index contributed by atoms with van der Waals surface area (Å²) in [5.74, 6) is 5.93. The van der Waals surface area contributed by atoms with E-state index in [0.717, 1.165) is 16.7 Å². The number of halogens is 1. The van der Waals surface area contributed by atoms with Gasteiger partial charge in [-0.2, -0.15) is 0 Å². The van der Waals surface area contributed by atoms with Crippen molar-refractivity contribution in [2.75, 3.05) is 5.88 Å². The number of carbonyl (C=O) groups excluding carboxylic acids is 1. The Morgan fingerprint density at radius 2 is 2.36 bits per heavy atom. The fourth-order valence-corrected chi connectivity index (χ4v) is 1.49. The minimum atomic E-state index is -0.0190. The van der Waals surface area contributed by atoms with Crippen LogP contribution >= 0.6 is 11.6 Å². The number of rotatable bonds is 0. The molecule has 2 nitrogen and oxygen atoms in total. The summed E-state index contributed by atoms with van der Waals surface area (Å²) in [6.07, 6.45) is 0. The van der Waals surface area contributed by atoms with Crippen LogP contribution in [-0.4, -0.2) is 11.8 Å². The Balaban J connectivity index is 2.39. The van der Waals surface area contributed by atoms with E-state index < -0.39 is 0 Å². The van der Waals surface area contributed by atoms with Crippen molar-refractivity contribution in [2.24, 2.45) is 0 Å². The molecular formula is C11H8ClNO. The number of hydrogen-bond acceptors (Lipinski definition) is 1. The highest BCUT2D eigenvalue weighted by Gasteiger charge is 2.17. The minimum absolute atomic E-state index is 0.0190. The van der Waals surface area contributed by atoms with E-state index in [1.54, 1.807) is 6.07 Å². The van der Waals surface area contributed by atoms with Gasteiger partial charge in [-0.05, 0) is 17.7 Å². The van der Waals surface area contributed by atoms with Crippen LogP contribution in [0.1, 0.15) is 21.5 Å². The fraction of sp³-hybridized carbons (Fsp3) is 0.182. The molecule has 0 aromatic heterocycles. The first-order chi connectivity index (χ1) is 6.81. The first kappa shape index (κ1) is 9.11. The Morgan fingerprint density at radius 1 is 1.50 bits per heavy atom. The predicted molar refractivity (Wildman–Crippen MR) is 55.2 cm³/mol. The summed E-state index contributed by atoms with van der Waals surface area (Å²) >= 11 is 5.44. The summed E-state index contributed by atoms with van der Waals surface area (Å²) in [5, 5.41) is 2.76. The molecule has 0 saturated carbocycles. The number of amides is 1. The number of carbonyl (C=O) groups is 1. The third-order valence-electron chi connectivity index (χ3n) is 2.09. The van der Waals surface area contributed by atoms with Gasteiger partial charge in [-0.25, -0.2) is 0 Å². The highest BCUT2D eigenvalue weighted by molar-refractivity contribution is 6.19. The van der Waals surface area contributed by atoms with Gasteiger partial charge in [-0.3, -0.25) is 4.79 Å². The van der Waals surface area contributed by atoms with Crippen molar-refractivity contribution in [3.8, 4) is 11.8 Å². The highest BCUT2D eigenvalue weighted by Crippen LogP contribution is 2.16. The van der Waals surface area contributed by atoms with Crippen molar-refractivity contribution in [2.45, 2.75) is 6.54 Å². The zero-order chi connectivity index (χ0) is 9.97. The molecular weight excluding hydrogens is 198 g/mol. The van der Waals surface area contributed by atoms with E-state index in [-0.39, 0.29) is 5.91 Å². The molecule has 1 aliphatic rings. The molecule has 1 N–H and O–H groups in total. The van der Waals surface area contributed by atoms with Crippen LogP contribution < -0.4 is 5.32 Å². The summed E-state index contributed by atoms with van der Waals surface area (Å²) in [7, 11) is 0. The van der Waals surface area contributed by atoms with Gasteiger partial charge >= 0.3 is 0 Å². The van der Waals surface area contributed by atoms with Crippen LogP contribution in [0.3, 0.4) is 0 Å². The molecule has 1 aliphatic heterocycles. The molecule has 0 bridgehead atoms. The third-order valence-corrected chi connectivity index (χ3v) is 2.23. The summed E-state index contributed by atoms with van der Waals surface area (Å²) in [5.41, 5.74) is 2.60. The van der Waals surface area contributed by atoms with Gasteiger partial charge in [0, 0.05) is 17.7 Å². The largest absolute Gasteiger partial charge is 0.348 e. The predicted octanol–water partition coefficient (Wildman–Crippen LogP) is 1.52. The second-order valence-electron chi connectivity index (χ2n) is 2.99. The average Bonchev–Trinajstić information content (AvgIpc) is 2.57. The van der Waals surface area contributed by atoms with Crippen molar-refractivity contribution in [1.82, 2.24) is 5.32 Å². The van der Waals surface area contributed by atoms with E-state index in [1.807, 2.05) is 12.1 Å². The topological polar surface area (TPSA) is 29.1 Å². The normalized spacial score (nSPS) is 12.8. The smallest absolute Gasteiger partial charge is 0.251 e. The van der Waals surface area contributed by atoms with Gasteiger partial charge in [0.2, 0.25) is 0 Å². The van der Waals surface area contributed by atoms with Crippen LogP contribution in [0, 0.1) is 11.8 Å². The maximum Gasteiger partial charge on any atom is 0.251 e. The Kier molecular flexibility index (Phi) is 2.43. The molecule has 14 heavy (non-hydrogen) atoms. The van der Waals surface area contributed by atoms with Gasteiger partial charge in [0.15, 0.2) is 0 Å². The van der Waals surface area contributed by atoms with Crippen molar-refractivity contribution >= 4 is 17.5 Å². The molecule has 1 aromatic rings. The molecule has 0 fully saturated rings. The summed E-state index contributed by atoms with van der Waals surface area (Å²) in [6.45, 7) is 0.622. The number of hydrogen-bond donors (Lipinski definition) is 1. The fourth-order valence-electron chi connectivity index (χ4n) is 1.43. The molecule has 1 amide bonds. The quantitative estimate of drug-likeness (QED) is 0.505. The number of benzene rings is 1. The highest BCUT2D eigenvalue weighted by atomic mass is 35.5. The van der Waals surface area contributed by atoms with Crippen LogP contribution in [0.25, 0.3) is 0 Å². The Hall–Kier alpha value is -1.46. The summed E-state index contributed by atoms with van der Waals surface area (Å²) in [4.78, 5) is 11.3. The number of fused-ring (bicyclic) bond motifs is 1. The lowest BCUT2D eigenvalue weighted by Gasteiger charge is -1.95. The second kappa shape index (κ2) is 3.73. The van der Waals surface area contributed by atoms with Crippen molar-refractivity contribution < 1.29 is 4.79 Å². The van der Waals surface area contributed by atoms with Gasteiger partial charge in [-0.1, -0.05) is 17.9 Å².